The van der Waals surface area contributed by atoms with Crippen molar-refractivity contribution in [3.63, 3.8) is 0 Å². The minimum atomic E-state index is -0.808. The lowest BCUT2D eigenvalue weighted by atomic mass is 9.97. The lowest BCUT2D eigenvalue weighted by molar-refractivity contribution is -0.142. The number of ether oxygens (including phenoxy) is 2. The van der Waals surface area contributed by atoms with Crippen LogP contribution in [0.3, 0.4) is 0 Å². The minimum absolute atomic E-state index is 0.196. The van der Waals surface area contributed by atoms with E-state index in [4.69, 9.17) is 4.74 Å². The molecule has 0 N–H and O–H groups in total. The van der Waals surface area contributed by atoms with Crippen molar-refractivity contribution in [2.24, 2.45) is 0 Å². The molecule has 0 aliphatic rings. The summed E-state index contributed by atoms with van der Waals surface area (Å²) in [7, 11) is 2.59. The summed E-state index contributed by atoms with van der Waals surface area (Å²) in [5.74, 6) is -1.94. The average Bonchev–Trinajstić information content (AvgIpc) is 2.36. The van der Waals surface area contributed by atoms with Crippen molar-refractivity contribution in [2.45, 2.75) is 20.3 Å². The number of ketones is 2. The summed E-state index contributed by atoms with van der Waals surface area (Å²) < 4.78 is 9.49. The van der Waals surface area contributed by atoms with Crippen molar-refractivity contribution in [3.8, 4) is 5.75 Å². The zero-order chi connectivity index (χ0) is 14.6. The van der Waals surface area contributed by atoms with E-state index in [1.807, 2.05) is 6.92 Å². The van der Waals surface area contributed by atoms with Crippen LogP contribution in [-0.2, 0) is 14.3 Å². The molecule has 1 aromatic carbocycles. The molecule has 0 heterocycles. The minimum Gasteiger partial charge on any atom is -0.496 e. The lowest BCUT2D eigenvalue weighted by Gasteiger charge is -2.11. The Morgan fingerprint density at radius 3 is 2.26 bits per heavy atom. The first-order valence-electron chi connectivity index (χ1n) is 5.70. The monoisotopic (exact) mass is 264 g/mol. The number of carbonyl (C=O) groups excluding carboxylic acids is 3. The largest absolute Gasteiger partial charge is 0.496 e. The van der Waals surface area contributed by atoms with Gasteiger partial charge in [-0.25, -0.2) is 0 Å². The molecule has 0 amide bonds. The van der Waals surface area contributed by atoms with E-state index >= 15 is 0 Å². The van der Waals surface area contributed by atoms with Gasteiger partial charge in [0.1, 0.15) is 12.2 Å². The molecule has 19 heavy (non-hydrogen) atoms. The maximum absolute atomic E-state index is 12.1. The van der Waals surface area contributed by atoms with Gasteiger partial charge in [0.2, 0.25) is 11.6 Å². The zero-order valence-electron chi connectivity index (χ0n) is 11.4. The summed E-state index contributed by atoms with van der Waals surface area (Å²) in [6, 6.07) is 3.45. The molecule has 0 aliphatic heterocycles. The number of carbonyl (C=O) groups is 3. The second kappa shape index (κ2) is 6.13. The van der Waals surface area contributed by atoms with Crippen molar-refractivity contribution < 1.29 is 23.9 Å². The zero-order valence-corrected chi connectivity index (χ0v) is 11.4. The molecule has 0 atom stereocenters. The van der Waals surface area contributed by atoms with Crippen LogP contribution in [0.2, 0.25) is 0 Å². The second-order valence-electron chi connectivity index (χ2n) is 4.16. The Balaban J connectivity index is 3.12. The number of methoxy groups -OCH3 is 2. The third-order valence-electron chi connectivity index (χ3n) is 2.68. The molecule has 0 aliphatic carbocycles. The summed E-state index contributed by atoms with van der Waals surface area (Å²) in [4.78, 5) is 34.8. The van der Waals surface area contributed by atoms with Gasteiger partial charge in [-0.3, -0.25) is 14.4 Å². The molecular formula is C14H16O5. The third kappa shape index (κ3) is 3.40. The average molecular weight is 264 g/mol. The van der Waals surface area contributed by atoms with E-state index in [0.29, 0.717) is 11.3 Å². The van der Waals surface area contributed by atoms with Gasteiger partial charge in [0.05, 0.1) is 19.8 Å². The fourth-order valence-electron chi connectivity index (χ4n) is 1.80. The van der Waals surface area contributed by atoms with Crippen LogP contribution in [0.15, 0.2) is 12.1 Å². The fourth-order valence-corrected chi connectivity index (χ4v) is 1.80. The molecule has 5 nitrogen and oxygen atoms in total. The van der Waals surface area contributed by atoms with Crippen molar-refractivity contribution >= 4 is 17.5 Å². The number of benzene rings is 1. The van der Waals surface area contributed by atoms with Crippen molar-refractivity contribution in [3.05, 3.63) is 28.8 Å². The van der Waals surface area contributed by atoms with E-state index in [9.17, 15) is 14.4 Å². The van der Waals surface area contributed by atoms with E-state index in [2.05, 4.69) is 4.74 Å². The molecule has 0 fully saturated rings. The van der Waals surface area contributed by atoms with Gasteiger partial charge in [-0.1, -0.05) is 6.07 Å². The molecule has 1 rings (SSSR count). The normalized spacial score (nSPS) is 9.89. The predicted octanol–water partition coefficient (Wildman–Crippen LogP) is 1.63. The maximum Gasteiger partial charge on any atom is 0.313 e. The third-order valence-corrected chi connectivity index (χ3v) is 2.68. The number of Topliss-reactive ketones (excluding diaryl/α,β-unsaturated/α-hetero) is 2. The Kier molecular flexibility index (Phi) is 4.80. The first-order valence-corrected chi connectivity index (χ1v) is 5.70. The van der Waals surface area contributed by atoms with Gasteiger partial charge < -0.3 is 9.47 Å². The van der Waals surface area contributed by atoms with Gasteiger partial charge in [-0.2, -0.15) is 0 Å². The van der Waals surface area contributed by atoms with E-state index < -0.39 is 24.0 Å². The Labute approximate surface area is 111 Å². The van der Waals surface area contributed by atoms with Crippen LogP contribution >= 0.6 is 0 Å². The van der Waals surface area contributed by atoms with Crippen molar-refractivity contribution in [1.82, 2.24) is 0 Å². The van der Waals surface area contributed by atoms with Gasteiger partial charge in [-0.05, 0) is 31.0 Å². The van der Waals surface area contributed by atoms with Crippen LogP contribution in [0.4, 0.5) is 0 Å². The van der Waals surface area contributed by atoms with E-state index in [1.165, 1.54) is 7.11 Å². The summed E-state index contributed by atoms with van der Waals surface area (Å²) in [5.41, 5.74) is 1.76. The van der Waals surface area contributed by atoms with Crippen LogP contribution in [-0.4, -0.2) is 31.8 Å². The highest BCUT2D eigenvalue weighted by Crippen LogP contribution is 2.25. The van der Waals surface area contributed by atoms with E-state index in [1.54, 1.807) is 19.1 Å². The number of esters is 1. The van der Waals surface area contributed by atoms with Gasteiger partial charge in [0.15, 0.2) is 0 Å². The molecule has 5 heteroatoms. The molecular weight excluding hydrogens is 248 g/mol. The molecule has 0 unspecified atom stereocenters. The first-order chi connectivity index (χ1) is 8.90. The number of aryl methyl sites for hydroxylation is 2. The lowest BCUT2D eigenvalue weighted by Crippen LogP contribution is -2.20. The summed E-state index contributed by atoms with van der Waals surface area (Å²) in [6.45, 7) is 3.58. The SMILES string of the molecule is COC(=O)CC(=O)C(=O)c1c(C)cc(C)cc1OC. The maximum atomic E-state index is 12.1. The Morgan fingerprint density at radius 2 is 1.74 bits per heavy atom. The molecule has 0 saturated carbocycles. The van der Waals surface area contributed by atoms with Crippen molar-refractivity contribution in [2.75, 3.05) is 14.2 Å². The smallest absolute Gasteiger partial charge is 0.313 e. The van der Waals surface area contributed by atoms with E-state index in [-0.39, 0.29) is 5.56 Å². The standard InChI is InChI=1S/C14H16O5/c1-8-5-9(2)13(11(6-8)18-3)14(17)10(15)7-12(16)19-4/h5-6H,7H2,1-4H3. The fraction of sp³-hybridized carbons (Fsp3) is 0.357. The van der Waals surface area contributed by atoms with Gasteiger partial charge in [0, 0.05) is 0 Å². The summed E-state index contributed by atoms with van der Waals surface area (Å²) in [5, 5.41) is 0. The molecule has 0 bridgehead atoms. The summed E-state index contributed by atoms with van der Waals surface area (Å²) >= 11 is 0. The highest BCUT2D eigenvalue weighted by Gasteiger charge is 2.24. The van der Waals surface area contributed by atoms with Crippen LogP contribution in [0.25, 0.3) is 0 Å². The first kappa shape index (κ1) is 14.9. The molecule has 0 radical (unpaired) electrons. The van der Waals surface area contributed by atoms with Gasteiger partial charge in [0.25, 0.3) is 0 Å². The highest BCUT2D eigenvalue weighted by molar-refractivity contribution is 6.46. The van der Waals surface area contributed by atoms with Gasteiger partial charge >= 0.3 is 5.97 Å². The molecule has 1 aromatic rings. The highest BCUT2D eigenvalue weighted by atomic mass is 16.5. The quantitative estimate of drug-likeness (QED) is 0.350. The number of hydrogen-bond donors (Lipinski definition) is 0. The molecule has 0 saturated heterocycles. The topological polar surface area (TPSA) is 69.7 Å². The van der Waals surface area contributed by atoms with Gasteiger partial charge in [-0.15, -0.1) is 0 Å². The van der Waals surface area contributed by atoms with Crippen molar-refractivity contribution in [1.29, 1.82) is 0 Å². The van der Waals surface area contributed by atoms with Crippen LogP contribution < -0.4 is 4.74 Å². The second-order valence-corrected chi connectivity index (χ2v) is 4.16. The van der Waals surface area contributed by atoms with E-state index in [0.717, 1.165) is 12.7 Å². The van der Waals surface area contributed by atoms with Crippen LogP contribution in [0.5, 0.6) is 5.75 Å². The van der Waals surface area contributed by atoms with Crippen LogP contribution in [0, 0.1) is 13.8 Å². The molecule has 102 valence electrons. The Bertz CT molecular complexity index is 531. The molecule has 0 aromatic heterocycles. The number of rotatable bonds is 5. The Hall–Kier alpha value is -2.17. The Morgan fingerprint density at radius 1 is 1.11 bits per heavy atom. The number of hydrogen-bond acceptors (Lipinski definition) is 5. The predicted molar refractivity (Wildman–Crippen MR) is 68.4 cm³/mol. The summed E-state index contributed by atoms with van der Waals surface area (Å²) in [6.07, 6.45) is -0.564. The van der Waals surface area contributed by atoms with Crippen LogP contribution in [0.1, 0.15) is 27.9 Å². The molecule has 0 spiro atoms.